The predicted octanol–water partition coefficient (Wildman–Crippen LogP) is 2.11. The van der Waals surface area contributed by atoms with Crippen LogP contribution in [0.25, 0.3) is 0 Å². The van der Waals surface area contributed by atoms with E-state index in [4.69, 9.17) is 4.52 Å². The maximum atomic E-state index is 13.0. The number of rotatable bonds is 5. The van der Waals surface area contributed by atoms with Crippen LogP contribution in [-0.4, -0.2) is 19.3 Å². The molecule has 0 amide bonds. The lowest BCUT2D eigenvalue weighted by Crippen LogP contribution is -2.18. The molecule has 0 saturated carbocycles. The number of aromatic nitrogens is 1. The monoisotopic (exact) mass is 284 g/mol. The molecular formula is C12H13FN2O3S. The van der Waals surface area contributed by atoms with Crippen LogP contribution in [0.4, 0.5) is 10.1 Å². The average Bonchev–Trinajstić information content (AvgIpc) is 2.72. The average molecular weight is 284 g/mol. The summed E-state index contributed by atoms with van der Waals surface area (Å²) in [4.78, 5) is 0. The number of anilines is 1. The molecular weight excluding hydrogens is 271 g/mol. The molecule has 1 N–H and O–H groups in total. The number of hydrogen-bond acceptors (Lipinski definition) is 4. The van der Waals surface area contributed by atoms with Crippen LogP contribution in [0.1, 0.15) is 11.3 Å². The molecule has 0 bridgehead atoms. The van der Waals surface area contributed by atoms with Crippen molar-refractivity contribution in [2.24, 2.45) is 0 Å². The Morgan fingerprint density at radius 2 is 2.21 bits per heavy atom. The molecule has 0 spiro atoms. The maximum absolute atomic E-state index is 13.0. The third kappa shape index (κ3) is 3.78. The zero-order valence-corrected chi connectivity index (χ0v) is 11.1. The zero-order valence-electron chi connectivity index (χ0n) is 10.3. The topological polar surface area (TPSA) is 72.2 Å². The number of nitrogens with zero attached hydrogens (tertiary/aromatic N) is 1. The minimum atomic E-state index is -3.51. The van der Waals surface area contributed by atoms with Crippen LogP contribution in [0.2, 0.25) is 0 Å². The Kier molecular flexibility index (Phi) is 3.84. The molecule has 5 nitrogen and oxygen atoms in total. The van der Waals surface area contributed by atoms with Gasteiger partial charge in [0.15, 0.2) is 5.76 Å². The first-order valence-corrected chi connectivity index (χ1v) is 7.28. The molecule has 1 aromatic carbocycles. The zero-order chi connectivity index (χ0) is 13.9. The molecule has 102 valence electrons. The summed E-state index contributed by atoms with van der Waals surface area (Å²) in [6.45, 7) is 1.61. The van der Waals surface area contributed by atoms with Crippen LogP contribution in [-0.2, 0) is 16.4 Å². The van der Waals surface area contributed by atoms with Gasteiger partial charge in [0.1, 0.15) is 11.5 Å². The van der Waals surface area contributed by atoms with E-state index < -0.39 is 10.0 Å². The fourth-order valence-corrected chi connectivity index (χ4v) is 2.70. The largest absolute Gasteiger partial charge is 0.359 e. The van der Waals surface area contributed by atoms with Crippen LogP contribution in [0.15, 0.2) is 35.0 Å². The van der Waals surface area contributed by atoms with Crippen molar-refractivity contribution in [3.8, 4) is 0 Å². The Labute approximate surface area is 110 Å². The van der Waals surface area contributed by atoms with Gasteiger partial charge >= 0.3 is 0 Å². The van der Waals surface area contributed by atoms with Gasteiger partial charge in [0.05, 0.1) is 11.9 Å². The Balaban J connectivity index is 2.00. The second-order valence-electron chi connectivity index (χ2n) is 4.10. The van der Waals surface area contributed by atoms with Crippen LogP contribution >= 0.6 is 0 Å². The van der Waals surface area contributed by atoms with Gasteiger partial charge in [-0.2, -0.15) is 0 Å². The molecule has 0 saturated heterocycles. The van der Waals surface area contributed by atoms with Gasteiger partial charge in [-0.1, -0.05) is 17.3 Å². The van der Waals surface area contributed by atoms with Gasteiger partial charge in [0, 0.05) is 0 Å². The second-order valence-corrected chi connectivity index (χ2v) is 5.94. The summed E-state index contributed by atoms with van der Waals surface area (Å²) in [5, 5.41) is 3.48. The highest BCUT2D eigenvalue weighted by atomic mass is 32.2. The molecule has 0 unspecified atom stereocenters. The van der Waals surface area contributed by atoms with E-state index >= 15 is 0 Å². The molecule has 2 aromatic rings. The predicted molar refractivity (Wildman–Crippen MR) is 68.8 cm³/mol. The van der Waals surface area contributed by atoms with Crippen molar-refractivity contribution in [2.45, 2.75) is 13.3 Å². The van der Waals surface area contributed by atoms with E-state index in [2.05, 4.69) is 9.88 Å². The summed E-state index contributed by atoms with van der Waals surface area (Å²) in [5.41, 5.74) is 0.951. The third-order valence-corrected chi connectivity index (χ3v) is 3.84. The highest BCUT2D eigenvalue weighted by molar-refractivity contribution is 7.92. The van der Waals surface area contributed by atoms with E-state index in [9.17, 15) is 12.8 Å². The summed E-state index contributed by atoms with van der Waals surface area (Å²) in [6.07, 6.45) is 1.53. The Morgan fingerprint density at radius 1 is 1.42 bits per heavy atom. The summed E-state index contributed by atoms with van der Waals surface area (Å²) in [5.74, 6) is -0.117. The number of hydrogen-bond donors (Lipinski definition) is 1. The minimum absolute atomic E-state index is 0.138. The number of benzene rings is 1. The normalized spacial score (nSPS) is 11.5. The Hall–Kier alpha value is -1.89. The van der Waals surface area contributed by atoms with E-state index in [1.165, 1.54) is 18.3 Å². The molecule has 7 heteroatoms. The molecule has 2 rings (SSSR count). The van der Waals surface area contributed by atoms with E-state index in [0.717, 1.165) is 0 Å². The van der Waals surface area contributed by atoms with Gasteiger partial charge in [-0.05, 0) is 31.0 Å². The number of aryl methyl sites for hydroxylation is 2. The van der Waals surface area contributed by atoms with Crippen LogP contribution in [0.5, 0.6) is 0 Å². The highest BCUT2D eigenvalue weighted by Gasteiger charge is 2.14. The van der Waals surface area contributed by atoms with Gasteiger partial charge in [0.2, 0.25) is 10.0 Å². The fourth-order valence-electron chi connectivity index (χ4n) is 1.56. The number of sulfonamides is 1. The first-order chi connectivity index (χ1) is 8.96. The van der Waals surface area contributed by atoms with Crippen molar-refractivity contribution >= 4 is 15.7 Å². The quantitative estimate of drug-likeness (QED) is 0.912. The first kappa shape index (κ1) is 13.5. The lowest BCUT2D eigenvalue weighted by Gasteiger charge is -2.06. The molecule has 0 fully saturated rings. The number of halogens is 1. The van der Waals surface area contributed by atoms with Crippen LogP contribution in [0.3, 0.4) is 0 Å². The third-order valence-electron chi connectivity index (χ3n) is 2.56. The SMILES string of the molecule is Cc1oncc1NS(=O)(=O)CCc1cccc(F)c1. The molecule has 0 aliphatic rings. The molecule has 1 aromatic heterocycles. The summed E-state index contributed by atoms with van der Waals surface area (Å²) in [7, 11) is -3.51. The summed E-state index contributed by atoms with van der Waals surface area (Å²) in [6, 6.07) is 5.87. The van der Waals surface area contributed by atoms with E-state index in [1.54, 1.807) is 19.1 Å². The molecule has 1 heterocycles. The number of nitrogens with one attached hydrogen (secondary N) is 1. The standard InChI is InChI=1S/C12H13FN2O3S/c1-9-12(8-14-18-9)15-19(16,17)6-5-10-3-2-4-11(13)7-10/h2-4,7-8,15H,5-6H2,1H3. The first-order valence-electron chi connectivity index (χ1n) is 5.62. The lowest BCUT2D eigenvalue weighted by atomic mass is 10.2. The van der Waals surface area contributed by atoms with Gasteiger partial charge in [-0.3, -0.25) is 4.72 Å². The van der Waals surface area contributed by atoms with E-state index in [0.29, 0.717) is 17.0 Å². The summed E-state index contributed by atoms with van der Waals surface area (Å²) < 4.78 is 43.8. The van der Waals surface area contributed by atoms with Crippen molar-refractivity contribution in [1.29, 1.82) is 0 Å². The van der Waals surface area contributed by atoms with Gasteiger partial charge in [-0.25, -0.2) is 12.8 Å². The van der Waals surface area contributed by atoms with Gasteiger partial charge < -0.3 is 4.52 Å². The minimum Gasteiger partial charge on any atom is -0.359 e. The van der Waals surface area contributed by atoms with Crippen molar-refractivity contribution in [3.63, 3.8) is 0 Å². The van der Waals surface area contributed by atoms with Crippen LogP contribution in [0, 0.1) is 12.7 Å². The van der Waals surface area contributed by atoms with E-state index in [-0.39, 0.29) is 18.0 Å². The Bertz CT molecular complexity index is 667. The van der Waals surface area contributed by atoms with Crippen molar-refractivity contribution in [2.75, 3.05) is 10.5 Å². The lowest BCUT2D eigenvalue weighted by molar-refractivity contribution is 0.398. The molecule has 0 atom stereocenters. The van der Waals surface area contributed by atoms with Gasteiger partial charge in [0.25, 0.3) is 0 Å². The maximum Gasteiger partial charge on any atom is 0.233 e. The van der Waals surface area contributed by atoms with Crippen LogP contribution < -0.4 is 4.72 Å². The fraction of sp³-hybridized carbons (Fsp3) is 0.250. The highest BCUT2D eigenvalue weighted by Crippen LogP contribution is 2.15. The second kappa shape index (κ2) is 5.40. The smallest absolute Gasteiger partial charge is 0.233 e. The molecule has 0 aliphatic heterocycles. The van der Waals surface area contributed by atoms with Crippen molar-refractivity contribution < 1.29 is 17.3 Å². The van der Waals surface area contributed by atoms with Crippen molar-refractivity contribution in [3.05, 3.63) is 47.6 Å². The van der Waals surface area contributed by atoms with Gasteiger partial charge in [-0.15, -0.1) is 0 Å². The molecule has 19 heavy (non-hydrogen) atoms. The Morgan fingerprint density at radius 3 is 2.84 bits per heavy atom. The summed E-state index contributed by atoms with van der Waals surface area (Å²) >= 11 is 0. The molecule has 0 radical (unpaired) electrons. The van der Waals surface area contributed by atoms with Crippen molar-refractivity contribution in [1.82, 2.24) is 5.16 Å². The molecule has 0 aliphatic carbocycles. The van der Waals surface area contributed by atoms with E-state index in [1.807, 2.05) is 0 Å².